The van der Waals surface area contributed by atoms with Crippen LogP contribution in [0.3, 0.4) is 0 Å². The van der Waals surface area contributed by atoms with Gasteiger partial charge < -0.3 is 9.88 Å². The standard InChI is InChI=1S/C20H18N2O/c1-22-12-11-16-15-9-5-6-10-17(15)21-18(16)13-19(22)20(23)14-7-3-2-4-8-14/h2-10,13,21H,11-12H2,1H3. The van der Waals surface area contributed by atoms with E-state index in [-0.39, 0.29) is 5.78 Å². The van der Waals surface area contributed by atoms with E-state index in [1.807, 2.05) is 49.5 Å². The normalized spacial score (nSPS) is 14.3. The number of nitrogens with zero attached hydrogens (tertiary/aromatic N) is 1. The van der Waals surface area contributed by atoms with Crippen LogP contribution in [0.2, 0.25) is 0 Å². The number of para-hydroxylation sites is 1. The summed E-state index contributed by atoms with van der Waals surface area (Å²) in [7, 11) is 1.99. The van der Waals surface area contributed by atoms with Crippen LogP contribution in [0, 0.1) is 0 Å². The van der Waals surface area contributed by atoms with Gasteiger partial charge in [-0.1, -0.05) is 48.5 Å². The Hall–Kier alpha value is -2.81. The number of carbonyl (C=O) groups is 1. The molecule has 1 aromatic heterocycles. The molecule has 2 heterocycles. The number of likely N-dealkylation sites (N-methyl/N-ethyl adjacent to an activating group) is 1. The lowest BCUT2D eigenvalue weighted by atomic mass is 10.1. The number of hydrogen-bond donors (Lipinski definition) is 1. The molecule has 3 heteroatoms. The van der Waals surface area contributed by atoms with Crippen LogP contribution in [0.15, 0.2) is 60.3 Å². The Morgan fingerprint density at radius 1 is 1.04 bits per heavy atom. The summed E-state index contributed by atoms with van der Waals surface area (Å²) in [5, 5.41) is 1.25. The van der Waals surface area contributed by atoms with Crippen LogP contribution in [0.5, 0.6) is 0 Å². The topological polar surface area (TPSA) is 36.1 Å². The zero-order valence-electron chi connectivity index (χ0n) is 13.0. The fraction of sp³-hybridized carbons (Fsp3) is 0.150. The predicted octanol–water partition coefficient (Wildman–Crippen LogP) is 3.88. The highest BCUT2D eigenvalue weighted by Crippen LogP contribution is 2.28. The van der Waals surface area contributed by atoms with Gasteiger partial charge in [-0.2, -0.15) is 0 Å². The summed E-state index contributed by atoms with van der Waals surface area (Å²) in [6, 6.07) is 17.8. The highest BCUT2D eigenvalue weighted by atomic mass is 16.1. The predicted molar refractivity (Wildman–Crippen MR) is 93.4 cm³/mol. The van der Waals surface area contributed by atoms with Crippen LogP contribution in [0.1, 0.15) is 21.6 Å². The number of nitrogens with one attached hydrogen (secondary N) is 1. The Morgan fingerprint density at radius 2 is 1.78 bits per heavy atom. The molecule has 0 unspecified atom stereocenters. The summed E-state index contributed by atoms with van der Waals surface area (Å²) >= 11 is 0. The summed E-state index contributed by atoms with van der Waals surface area (Å²) in [6.07, 6.45) is 2.93. The minimum Gasteiger partial charge on any atom is -0.371 e. The highest BCUT2D eigenvalue weighted by Gasteiger charge is 2.22. The van der Waals surface area contributed by atoms with Crippen LogP contribution in [-0.4, -0.2) is 29.3 Å². The Labute approximate surface area is 135 Å². The molecule has 3 aromatic rings. The number of Topliss-reactive ketones (excluding diaryl/α,β-unsaturated/α-hetero) is 1. The SMILES string of the molecule is CN1CCc2c([nH]c3ccccc23)C=C1C(=O)c1ccccc1. The molecule has 0 fully saturated rings. The van der Waals surface area contributed by atoms with Gasteiger partial charge >= 0.3 is 0 Å². The zero-order valence-corrected chi connectivity index (χ0v) is 13.0. The van der Waals surface area contributed by atoms with Crippen molar-refractivity contribution in [2.24, 2.45) is 0 Å². The second-order valence-corrected chi connectivity index (χ2v) is 5.96. The molecule has 0 atom stereocenters. The lowest BCUT2D eigenvalue weighted by Gasteiger charge is -2.19. The third kappa shape index (κ3) is 2.34. The zero-order chi connectivity index (χ0) is 15.8. The van der Waals surface area contributed by atoms with Gasteiger partial charge in [0, 0.05) is 35.8 Å². The van der Waals surface area contributed by atoms with Gasteiger partial charge in [0.15, 0.2) is 0 Å². The number of carbonyl (C=O) groups excluding carboxylic acids is 1. The summed E-state index contributed by atoms with van der Waals surface area (Å²) in [5.41, 5.74) is 4.94. The van der Waals surface area contributed by atoms with Gasteiger partial charge in [-0.25, -0.2) is 0 Å². The lowest BCUT2D eigenvalue weighted by molar-refractivity contribution is 0.100. The summed E-state index contributed by atoms with van der Waals surface area (Å²) < 4.78 is 0. The molecule has 0 bridgehead atoms. The van der Waals surface area contributed by atoms with Crippen molar-refractivity contribution in [3.63, 3.8) is 0 Å². The molecule has 2 aromatic carbocycles. The molecule has 1 aliphatic rings. The van der Waals surface area contributed by atoms with Crippen LogP contribution < -0.4 is 0 Å². The molecule has 114 valence electrons. The molecule has 0 saturated carbocycles. The number of fused-ring (bicyclic) bond motifs is 3. The number of aromatic amines is 1. The molecule has 1 aliphatic heterocycles. The minimum absolute atomic E-state index is 0.0691. The van der Waals surface area contributed by atoms with E-state index in [2.05, 4.69) is 28.1 Å². The van der Waals surface area contributed by atoms with Crippen molar-refractivity contribution >= 4 is 22.8 Å². The number of hydrogen-bond acceptors (Lipinski definition) is 2. The first-order valence-corrected chi connectivity index (χ1v) is 7.86. The third-order valence-corrected chi connectivity index (χ3v) is 4.50. The van der Waals surface area contributed by atoms with Crippen molar-refractivity contribution in [1.82, 2.24) is 9.88 Å². The molecule has 0 spiro atoms. The fourth-order valence-corrected chi connectivity index (χ4v) is 3.24. The first kappa shape index (κ1) is 13.8. The fourth-order valence-electron chi connectivity index (χ4n) is 3.24. The number of allylic oxidation sites excluding steroid dienone is 1. The van der Waals surface area contributed by atoms with Crippen LogP contribution in [-0.2, 0) is 6.42 Å². The average Bonchev–Trinajstić information content (AvgIpc) is 2.86. The second kappa shape index (κ2) is 5.43. The van der Waals surface area contributed by atoms with E-state index in [0.29, 0.717) is 0 Å². The Kier molecular flexibility index (Phi) is 3.27. The second-order valence-electron chi connectivity index (χ2n) is 5.96. The van der Waals surface area contributed by atoms with Crippen LogP contribution in [0.25, 0.3) is 17.0 Å². The summed E-state index contributed by atoms with van der Waals surface area (Å²) in [5.74, 6) is 0.0691. The quantitative estimate of drug-likeness (QED) is 0.729. The Morgan fingerprint density at radius 3 is 2.61 bits per heavy atom. The highest BCUT2D eigenvalue weighted by molar-refractivity contribution is 6.11. The maximum atomic E-state index is 12.9. The lowest BCUT2D eigenvalue weighted by Crippen LogP contribution is -2.24. The van der Waals surface area contributed by atoms with Gasteiger partial charge in [-0.3, -0.25) is 4.79 Å². The summed E-state index contributed by atoms with van der Waals surface area (Å²) in [4.78, 5) is 18.4. The van der Waals surface area contributed by atoms with E-state index in [4.69, 9.17) is 0 Å². The minimum atomic E-state index is 0.0691. The molecular formula is C20H18N2O. The van der Waals surface area contributed by atoms with E-state index < -0.39 is 0 Å². The Balaban J connectivity index is 1.84. The molecule has 1 N–H and O–H groups in total. The average molecular weight is 302 g/mol. The Bertz CT molecular complexity index is 906. The van der Waals surface area contributed by atoms with E-state index in [0.717, 1.165) is 35.4 Å². The van der Waals surface area contributed by atoms with Gasteiger partial charge in [0.25, 0.3) is 0 Å². The molecule has 0 aliphatic carbocycles. The maximum absolute atomic E-state index is 12.9. The molecule has 0 saturated heterocycles. The van der Waals surface area contributed by atoms with Crippen molar-refractivity contribution in [2.45, 2.75) is 6.42 Å². The smallest absolute Gasteiger partial charge is 0.209 e. The van der Waals surface area contributed by atoms with Crippen LogP contribution in [0.4, 0.5) is 0 Å². The monoisotopic (exact) mass is 302 g/mol. The van der Waals surface area contributed by atoms with Crippen molar-refractivity contribution < 1.29 is 4.79 Å². The number of benzene rings is 2. The van der Waals surface area contributed by atoms with E-state index >= 15 is 0 Å². The molecule has 3 nitrogen and oxygen atoms in total. The number of H-pyrrole nitrogens is 1. The van der Waals surface area contributed by atoms with Crippen molar-refractivity contribution in [3.8, 4) is 0 Å². The summed E-state index contributed by atoms with van der Waals surface area (Å²) in [6.45, 7) is 0.833. The van der Waals surface area contributed by atoms with Crippen molar-refractivity contribution in [3.05, 3.63) is 77.1 Å². The first-order valence-electron chi connectivity index (χ1n) is 7.86. The largest absolute Gasteiger partial charge is 0.371 e. The van der Waals surface area contributed by atoms with Crippen molar-refractivity contribution in [2.75, 3.05) is 13.6 Å². The van der Waals surface area contributed by atoms with Crippen LogP contribution >= 0.6 is 0 Å². The van der Waals surface area contributed by atoms with Crippen molar-refractivity contribution in [1.29, 1.82) is 0 Å². The molecule has 4 rings (SSSR count). The third-order valence-electron chi connectivity index (χ3n) is 4.50. The van der Waals surface area contributed by atoms with E-state index in [1.165, 1.54) is 10.9 Å². The molecule has 0 radical (unpaired) electrons. The number of rotatable bonds is 2. The number of aromatic nitrogens is 1. The van der Waals surface area contributed by atoms with Gasteiger partial charge in [-0.05, 0) is 24.1 Å². The van der Waals surface area contributed by atoms with Gasteiger partial charge in [-0.15, -0.1) is 0 Å². The van der Waals surface area contributed by atoms with Gasteiger partial charge in [0.2, 0.25) is 5.78 Å². The van der Waals surface area contributed by atoms with Gasteiger partial charge in [0.05, 0.1) is 5.70 Å². The van der Waals surface area contributed by atoms with E-state index in [1.54, 1.807) is 0 Å². The number of ketones is 1. The van der Waals surface area contributed by atoms with Gasteiger partial charge in [0.1, 0.15) is 0 Å². The molecular weight excluding hydrogens is 284 g/mol. The first-order chi connectivity index (χ1) is 11.2. The molecule has 0 amide bonds. The maximum Gasteiger partial charge on any atom is 0.209 e. The molecule has 23 heavy (non-hydrogen) atoms. The van der Waals surface area contributed by atoms with E-state index in [9.17, 15) is 4.79 Å².